The molecule has 31 heavy (non-hydrogen) atoms. The predicted molar refractivity (Wildman–Crippen MR) is 120 cm³/mol. The van der Waals surface area contributed by atoms with Gasteiger partial charge in [0.2, 0.25) is 17.8 Å². The molecule has 0 unspecified atom stereocenters. The lowest BCUT2D eigenvalue weighted by Gasteiger charge is -2.32. The third-order valence-corrected chi connectivity index (χ3v) is 5.44. The van der Waals surface area contributed by atoms with Crippen molar-refractivity contribution < 1.29 is 9.53 Å². The van der Waals surface area contributed by atoms with Crippen molar-refractivity contribution in [3.63, 3.8) is 0 Å². The van der Waals surface area contributed by atoms with E-state index in [2.05, 4.69) is 47.4 Å². The van der Waals surface area contributed by atoms with E-state index in [1.54, 1.807) is 30.5 Å². The van der Waals surface area contributed by atoms with Gasteiger partial charge in [-0.3, -0.25) is 10.1 Å². The molecule has 0 radical (unpaired) electrons. The molecule has 0 aliphatic carbocycles. The van der Waals surface area contributed by atoms with Crippen LogP contribution in [0.25, 0.3) is 0 Å². The molecule has 162 valence electrons. The van der Waals surface area contributed by atoms with Crippen LogP contribution in [0.15, 0.2) is 30.5 Å². The van der Waals surface area contributed by atoms with Gasteiger partial charge in [0.05, 0.1) is 0 Å². The molecule has 1 fully saturated rings. The Kier molecular flexibility index (Phi) is 6.23. The van der Waals surface area contributed by atoms with Gasteiger partial charge in [-0.1, -0.05) is 0 Å². The minimum absolute atomic E-state index is 0.129. The number of hydrogen-bond donors (Lipinski definition) is 2. The summed E-state index contributed by atoms with van der Waals surface area (Å²) in [6.07, 6.45) is 1.80. The molecule has 3 heterocycles. The molecule has 11 heteroatoms. The minimum Gasteiger partial charge on any atom is -0.424 e. The van der Waals surface area contributed by atoms with Crippen molar-refractivity contribution in [2.24, 2.45) is 0 Å². The lowest BCUT2D eigenvalue weighted by Crippen LogP contribution is -2.45. The van der Waals surface area contributed by atoms with Crippen LogP contribution < -0.4 is 20.3 Å². The average molecular weight is 441 g/mol. The van der Waals surface area contributed by atoms with Gasteiger partial charge in [0.25, 0.3) is 0 Å². The van der Waals surface area contributed by atoms with Crippen molar-refractivity contribution in [2.45, 2.75) is 13.8 Å². The van der Waals surface area contributed by atoms with Crippen LogP contribution in [0, 0.1) is 6.92 Å². The first-order valence-electron chi connectivity index (χ1n) is 9.89. The van der Waals surface area contributed by atoms with E-state index in [9.17, 15) is 4.79 Å². The maximum Gasteiger partial charge on any atom is 0.328 e. The molecule has 2 aromatic heterocycles. The minimum atomic E-state index is -0.129. The zero-order valence-electron chi connectivity index (χ0n) is 17.6. The summed E-state index contributed by atoms with van der Waals surface area (Å²) in [5.41, 5.74) is 0.690. The maximum absolute atomic E-state index is 11.2. The second-order valence-electron chi connectivity index (χ2n) is 7.24. The Balaban J connectivity index is 1.58. The van der Waals surface area contributed by atoms with E-state index in [1.807, 2.05) is 6.92 Å². The van der Waals surface area contributed by atoms with Crippen molar-refractivity contribution in [1.82, 2.24) is 24.8 Å². The van der Waals surface area contributed by atoms with Gasteiger partial charge in [0.1, 0.15) is 5.75 Å². The van der Waals surface area contributed by atoms with Crippen LogP contribution >= 0.6 is 11.3 Å². The Labute approximate surface area is 184 Å². The second-order valence-corrected chi connectivity index (χ2v) is 8.48. The number of amides is 1. The van der Waals surface area contributed by atoms with Crippen molar-refractivity contribution in [2.75, 3.05) is 48.8 Å². The standard InChI is InChI=1S/C20H24N8O2S/c1-13-12-21-20(31-13)25-17-23-18(28-10-8-27(3)9-11-28)26-19(24-17)30-16-6-4-15(5-7-16)22-14(2)29/h4-7,12H,8-11H2,1-3H3,(H,22,29)(H,21,23,24,25,26). The number of piperazine rings is 1. The summed E-state index contributed by atoms with van der Waals surface area (Å²) in [4.78, 5) is 34.5. The summed E-state index contributed by atoms with van der Waals surface area (Å²) in [5, 5.41) is 6.59. The first-order chi connectivity index (χ1) is 14.9. The number of thiazole rings is 1. The Bertz CT molecular complexity index is 1050. The normalized spacial score (nSPS) is 14.4. The highest BCUT2D eigenvalue weighted by molar-refractivity contribution is 7.15. The SMILES string of the molecule is CC(=O)Nc1ccc(Oc2nc(Nc3ncc(C)s3)nc(N3CCN(C)CC3)n2)cc1. The molecule has 1 saturated heterocycles. The molecule has 0 saturated carbocycles. The molecule has 1 aliphatic rings. The van der Waals surface area contributed by atoms with Crippen LogP contribution in [0.1, 0.15) is 11.8 Å². The summed E-state index contributed by atoms with van der Waals surface area (Å²) in [6.45, 7) is 6.96. The molecule has 1 aromatic carbocycles. The number of carbonyl (C=O) groups excluding carboxylic acids is 1. The van der Waals surface area contributed by atoms with E-state index >= 15 is 0 Å². The smallest absolute Gasteiger partial charge is 0.328 e. The summed E-state index contributed by atoms with van der Waals surface area (Å²) < 4.78 is 5.91. The number of ether oxygens (including phenoxy) is 1. The van der Waals surface area contributed by atoms with Gasteiger partial charge >= 0.3 is 6.01 Å². The number of nitrogens with zero attached hydrogens (tertiary/aromatic N) is 6. The fourth-order valence-corrected chi connectivity index (χ4v) is 3.68. The number of aromatic nitrogens is 4. The van der Waals surface area contributed by atoms with Crippen LogP contribution in [0.5, 0.6) is 11.8 Å². The van der Waals surface area contributed by atoms with Crippen molar-refractivity contribution >= 4 is 40.0 Å². The van der Waals surface area contributed by atoms with Gasteiger partial charge < -0.3 is 19.9 Å². The van der Waals surface area contributed by atoms with E-state index in [-0.39, 0.29) is 11.9 Å². The highest BCUT2D eigenvalue weighted by Crippen LogP contribution is 2.26. The van der Waals surface area contributed by atoms with Gasteiger partial charge in [-0.2, -0.15) is 15.0 Å². The van der Waals surface area contributed by atoms with Gasteiger partial charge in [-0.15, -0.1) is 11.3 Å². The molecule has 4 rings (SSSR count). The van der Waals surface area contributed by atoms with Crippen molar-refractivity contribution in [3.05, 3.63) is 35.3 Å². The third-order valence-electron chi connectivity index (χ3n) is 4.61. The van der Waals surface area contributed by atoms with E-state index < -0.39 is 0 Å². The molecule has 10 nitrogen and oxygen atoms in total. The zero-order valence-corrected chi connectivity index (χ0v) is 18.4. The number of carbonyl (C=O) groups is 1. The zero-order chi connectivity index (χ0) is 21.8. The number of aryl methyl sites for hydroxylation is 1. The van der Waals surface area contributed by atoms with Crippen LogP contribution in [0.4, 0.5) is 22.7 Å². The van der Waals surface area contributed by atoms with E-state index in [1.165, 1.54) is 18.3 Å². The molecular formula is C20H24N8O2S. The first kappa shape index (κ1) is 20.9. The monoisotopic (exact) mass is 440 g/mol. The molecule has 0 bridgehead atoms. The highest BCUT2D eigenvalue weighted by atomic mass is 32.1. The molecular weight excluding hydrogens is 416 g/mol. The van der Waals surface area contributed by atoms with Gasteiger partial charge in [0, 0.05) is 49.9 Å². The summed E-state index contributed by atoms with van der Waals surface area (Å²) in [7, 11) is 2.10. The van der Waals surface area contributed by atoms with E-state index in [0.29, 0.717) is 28.5 Å². The summed E-state index contributed by atoms with van der Waals surface area (Å²) in [5.74, 6) is 1.36. The number of hydrogen-bond acceptors (Lipinski definition) is 10. The summed E-state index contributed by atoms with van der Waals surface area (Å²) >= 11 is 1.52. The van der Waals surface area contributed by atoms with Gasteiger partial charge in [0.15, 0.2) is 5.13 Å². The molecule has 1 amide bonds. The van der Waals surface area contributed by atoms with Crippen LogP contribution in [0.2, 0.25) is 0 Å². The van der Waals surface area contributed by atoms with E-state index in [0.717, 1.165) is 31.1 Å². The predicted octanol–water partition coefficient (Wildman–Crippen LogP) is 2.88. The lowest BCUT2D eigenvalue weighted by molar-refractivity contribution is -0.114. The molecule has 2 N–H and O–H groups in total. The third kappa shape index (κ3) is 5.64. The number of anilines is 4. The van der Waals surface area contributed by atoms with Crippen LogP contribution in [-0.2, 0) is 4.79 Å². The Morgan fingerprint density at radius 2 is 1.84 bits per heavy atom. The molecule has 3 aromatic rings. The Morgan fingerprint density at radius 3 is 2.48 bits per heavy atom. The van der Waals surface area contributed by atoms with Crippen LogP contribution in [0.3, 0.4) is 0 Å². The molecule has 1 aliphatic heterocycles. The van der Waals surface area contributed by atoms with Gasteiger partial charge in [-0.25, -0.2) is 4.98 Å². The Hall–Kier alpha value is -3.31. The first-order valence-corrected chi connectivity index (χ1v) is 10.7. The van der Waals surface area contributed by atoms with Crippen LogP contribution in [-0.4, -0.2) is 64.0 Å². The average Bonchev–Trinajstić information content (AvgIpc) is 3.14. The number of rotatable bonds is 6. The number of benzene rings is 1. The van der Waals surface area contributed by atoms with Gasteiger partial charge in [-0.05, 0) is 38.2 Å². The quantitative estimate of drug-likeness (QED) is 0.598. The van der Waals surface area contributed by atoms with Crippen molar-refractivity contribution in [3.8, 4) is 11.8 Å². The lowest BCUT2D eigenvalue weighted by atomic mass is 10.3. The molecule has 0 spiro atoms. The largest absolute Gasteiger partial charge is 0.424 e. The summed E-state index contributed by atoms with van der Waals surface area (Å²) in [6, 6.07) is 7.21. The van der Waals surface area contributed by atoms with E-state index in [4.69, 9.17) is 4.74 Å². The molecule has 0 atom stereocenters. The topological polar surface area (TPSA) is 108 Å². The second kappa shape index (κ2) is 9.23. The number of nitrogens with one attached hydrogen (secondary N) is 2. The number of likely N-dealkylation sites (N-methyl/N-ethyl adjacent to an activating group) is 1. The Morgan fingerprint density at radius 1 is 1.10 bits per heavy atom. The maximum atomic E-state index is 11.2. The fraction of sp³-hybridized carbons (Fsp3) is 0.350. The fourth-order valence-electron chi connectivity index (χ4n) is 3.02. The van der Waals surface area contributed by atoms with Crippen molar-refractivity contribution in [1.29, 1.82) is 0 Å². The highest BCUT2D eigenvalue weighted by Gasteiger charge is 2.19.